The number of carbonyl (C=O) groups is 2. The topological polar surface area (TPSA) is 58.6 Å². The molecule has 0 saturated heterocycles. The quantitative estimate of drug-likeness (QED) is 0.613. The van der Waals surface area contributed by atoms with Crippen molar-refractivity contribution in [2.75, 3.05) is 18.1 Å². The van der Waals surface area contributed by atoms with Crippen molar-refractivity contribution < 1.29 is 14.3 Å². The molecule has 1 aliphatic rings. The van der Waals surface area contributed by atoms with Gasteiger partial charge in [0.1, 0.15) is 12.3 Å². The molecular weight excluding hydrogens is 444 g/mol. The van der Waals surface area contributed by atoms with Gasteiger partial charge in [0.15, 0.2) is 6.61 Å². The lowest BCUT2D eigenvalue weighted by Gasteiger charge is -2.34. The molecular formula is C24H21BrN2O3. The van der Waals surface area contributed by atoms with Gasteiger partial charge in [0.2, 0.25) is 5.91 Å². The number of nitrogens with one attached hydrogen (secondary N) is 1. The van der Waals surface area contributed by atoms with Crippen LogP contribution in [0.3, 0.4) is 0 Å². The lowest BCUT2D eigenvalue weighted by atomic mass is 9.84. The number of halogens is 1. The molecule has 1 heterocycles. The average Bonchev–Trinajstić information content (AvgIpc) is 2.77. The first kappa shape index (κ1) is 20.2. The van der Waals surface area contributed by atoms with Gasteiger partial charge in [0.05, 0.1) is 11.2 Å². The summed E-state index contributed by atoms with van der Waals surface area (Å²) in [5.74, 6) is 0.0704. The van der Waals surface area contributed by atoms with Crippen LogP contribution in [0.15, 0.2) is 83.3 Å². The Kier molecular flexibility index (Phi) is 5.59. The van der Waals surface area contributed by atoms with Crippen LogP contribution < -0.4 is 15.0 Å². The maximum Gasteiger partial charge on any atom is 0.265 e. The van der Waals surface area contributed by atoms with Gasteiger partial charge in [-0.25, -0.2) is 0 Å². The van der Waals surface area contributed by atoms with E-state index >= 15 is 0 Å². The Hall–Kier alpha value is -3.12. The molecule has 0 unspecified atom stereocenters. The second-order valence-corrected chi connectivity index (χ2v) is 8.20. The smallest absolute Gasteiger partial charge is 0.265 e. The molecule has 0 fully saturated rings. The van der Waals surface area contributed by atoms with E-state index in [0.29, 0.717) is 11.4 Å². The van der Waals surface area contributed by atoms with Crippen molar-refractivity contribution in [1.82, 2.24) is 5.32 Å². The van der Waals surface area contributed by atoms with Crippen molar-refractivity contribution in [3.05, 3.63) is 94.5 Å². The van der Waals surface area contributed by atoms with Gasteiger partial charge in [0.25, 0.3) is 5.91 Å². The third kappa shape index (κ3) is 3.96. The SMILES string of the molecule is CC(NC(=O)CN1C(=O)COc2cc(Br)ccc21)(c1ccccc1)c1ccccc1. The summed E-state index contributed by atoms with van der Waals surface area (Å²) in [6.45, 7) is 1.79. The molecule has 0 saturated carbocycles. The maximum absolute atomic E-state index is 13.1. The predicted octanol–water partition coefficient (Wildman–Crippen LogP) is 4.25. The fourth-order valence-corrected chi connectivity index (χ4v) is 4.01. The van der Waals surface area contributed by atoms with Gasteiger partial charge < -0.3 is 10.1 Å². The molecule has 0 bridgehead atoms. The van der Waals surface area contributed by atoms with Crippen LogP contribution in [0.4, 0.5) is 5.69 Å². The Morgan fingerprint density at radius 3 is 2.23 bits per heavy atom. The van der Waals surface area contributed by atoms with Crippen molar-refractivity contribution in [3.63, 3.8) is 0 Å². The summed E-state index contributed by atoms with van der Waals surface area (Å²) in [5, 5.41) is 3.15. The molecule has 152 valence electrons. The number of anilines is 1. The van der Waals surface area contributed by atoms with Crippen LogP contribution in [0, 0.1) is 0 Å². The van der Waals surface area contributed by atoms with Crippen molar-refractivity contribution in [1.29, 1.82) is 0 Å². The molecule has 0 radical (unpaired) electrons. The van der Waals surface area contributed by atoms with Crippen LogP contribution in [-0.2, 0) is 15.1 Å². The zero-order valence-corrected chi connectivity index (χ0v) is 18.1. The van der Waals surface area contributed by atoms with E-state index in [1.807, 2.05) is 73.7 Å². The first-order valence-electron chi connectivity index (χ1n) is 9.62. The number of nitrogens with zero attached hydrogens (tertiary/aromatic N) is 1. The molecule has 1 N–H and O–H groups in total. The van der Waals surface area contributed by atoms with E-state index in [1.165, 1.54) is 4.90 Å². The number of hydrogen-bond acceptors (Lipinski definition) is 3. The summed E-state index contributed by atoms with van der Waals surface area (Å²) in [7, 11) is 0. The van der Waals surface area contributed by atoms with Crippen LogP contribution in [0.25, 0.3) is 0 Å². The lowest BCUT2D eigenvalue weighted by molar-refractivity contribution is -0.126. The molecule has 0 aliphatic carbocycles. The van der Waals surface area contributed by atoms with E-state index in [-0.39, 0.29) is 25.0 Å². The number of hydrogen-bond donors (Lipinski definition) is 1. The van der Waals surface area contributed by atoms with Gasteiger partial charge in [-0.15, -0.1) is 0 Å². The molecule has 0 spiro atoms. The molecule has 3 aromatic carbocycles. The minimum absolute atomic E-state index is 0.0912. The highest BCUT2D eigenvalue weighted by Crippen LogP contribution is 2.35. The van der Waals surface area contributed by atoms with Gasteiger partial charge in [-0.3, -0.25) is 14.5 Å². The highest BCUT2D eigenvalue weighted by Gasteiger charge is 2.33. The Bertz CT molecular complexity index is 1030. The minimum atomic E-state index is -0.739. The van der Waals surface area contributed by atoms with Crippen LogP contribution in [0.1, 0.15) is 18.1 Å². The normalized spacial score (nSPS) is 13.4. The largest absolute Gasteiger partial charge is 0.482 e. The van der Waals surface area contributed by atoms with Gasteiger partial charge in [-0.1, -0.05) is 76.6 Å². The van der Waals surface area contributed by atoms with Gasteiger partial charge in [0, 0.05) is 4.47 Å². The summed E-state index contributed by atoms with van der Waals surface area (Å²) in [6.07, 6.45) is 0. The van der Waals surface area contributed by atoms with Crippen LogP contribution in [0.5, 0.6) is 5.75 Å². The van der Waals surface area contributed by atoms with E-state index in [4.69, 9.17) is 4.74 Å². The summed E-state index contributed by atoms with van der Waals surface area (Å²) in [6, 6.07) is 25.0. The summed E-state index contributed by atoms with van der Waals surface area (Å²) in [5.41, 5.74) is 1.77. The van der Waals surface area contributed by atoms with Gasteiger partial charge in [-0.2, -0.15) is 0 Å². The second-order valence-electron chi connectivity index (χ2n) is 7.29. The van der Waals surface area contributed by atoms with Gasteiger partial charge >= 0.3 is 0 Å². The monoisotopic (exact) mass is 464 g/mol. The molecule has 30 heavy (non-hydrogen) atoms. The minimum Gasteiger partial charge on any atom is -0.482 e. The molecule has 4 rings (SSSR count). The first-order valence-corrected chi connectivity index (χ1v) is 10.4. The molecule has 0 atom stereocenters. The highest BCUT2D eigenvalue weighted by molar-refractivity contribution is 9.10. The van der Waals surface area contributed by atoms with E-state index in [2.05, 4.69) is 21.2 Å². The van der Waals surface area contributed by atoms with Crippen LogP contribution >= 0.6 is 15.9 Å². The number of rotatable bonds is 5. The predicted molar refractivity (Wildman–Crippen MR) is 119 cm³/mol. The standard InChI is InChI=1S/C24H21BrN2O3/c1-24(17-8-4-2-5-9-17,18-10-6-3-7-11-18)26-22(28)15-27-20-13-12-19(25)14-21(20)30-16-23(27)29/h2-14H,15-16H2,1H3,(H,26,28). The molecule has 1 aliphatic heterocycles. The number of amides is 2. The van der Waals surface area contributed by atoms with Crippen molar-refractivity contribution in [3.8, 4) is 5.75 Å². The third-order valence-corrected chi connectivity index (χ3v) is 5.75. The van der Waals surface area contributed by atoms with E-state index in [1.54, 1.807) is 12.1 Å². The van der Waals surface area contributed by atoms with E-state index < -0.39 is 5.54 Å². The third-order valence-electron chi connectivity index (χ3n) is 5.26. The zero-order chi connectivity index (χ0) is 21.1. The Morgan fingerprint density at radius 1 is 1.03 bits per heavy atom. The Labute approximate surface area is 183 Å². The van der Waals surface area contributed by atoms with Gasteiger partial charge in [-0.05, 0) is 36.2 Å². The summed E-state index contributed by atoms with van der Waals surface area (Å²) < 4.78 is 6.36. The summed E-state index contributed by atoms with van der Waals surface area (Å²) in [4.78, 5) is 27.1. The second kappa shape index (κ2) is 8.32. The number of benzene rings is 3. The molecule has 3 aromatic rings. The number of fused-ring (bicyclic) bond motifs is 1. The average molecular weight is 465 g/mol. The fourth-order valence-electron chi connectivity index (χ4n) is 3.67. The van der Waals surface area contributed by atoms with Crippen molar-refractivity contribution in [2.24, 2.45) is 0 Å². The number of ether oxygens (including phenoxy) is 1. The van der Waals surface area contributed by atoms with E-state index in [9.17, 15) is 9.59 Å². The van der Waals surface area contributed by atoms with Crippen LogP contribution in [0.2, 0.25) is 0 Å². The Morgan fingerprint density at radius 2 is 1.63 bits per heavy atom. The van der Waals surface area contributed by atoms with E-state index in [0.717, 1.165) is 15.6 Å². The number of carbonyl (C=O) groups excluding carboxylic acids is 2. The first-order chi connectivity index (χ1) is 14.5. The highest BCUT2D eigenvalue weighted by atomic mass is 79.9. The fraction of sp³-hybridized carbons (Fsp3) is 0.167. The van der Waals surface area contributed by atoms with Crippen molar-refractivity contribution in [2.45, 2.75) is 12.5 Å². The lowest BCUT2D eigenvalue weighted by Crippen LogP contribution is -2.51. The Balaban J connectivity index is 1.62. The van der Waals surface area contributed by atoms with Crippen LogP contribution in [-0.4, -0.2) is 25.0 Å². The maximum atomic E-state index is 13.1. The molecule has 0 aromatic heterocycles. The molecule has 6 heteroatoms. The zero-order valence-electron chi connectivity index (χ0n) is 16.5. The van der Waals surface area contributed by atoms with Crippen molar-refractivity contribution >= 4 is 33.4 Å². The summed E-state index contributed by atoms with van der Waals surface area (Å²) >= 11 is 3.41. The molecule has 5 nitrogen and oxygen atoms in total. The molecule has 2 amide bonds.